The van der Waals surface area contributed by atoms with E-state index in [1.54, 1.807) is 12.1 Å². The fourth-order valence-corrected chi connectivity index (χ4v) is 3.39. The summed E-state index contributed by atoms with van der Waals surface area (Å²) >= 11 is 19.7. The van der Waals surface area contributed by atoms with Crippen LogP contribution in [0.1, 0.15) is 24.7 Å². The molecular weight excluding hydrogens is 339 g/mol. The van der Waals surface area contributed by atoms with Crippen LogP contribution in [0.4, 0.5) is 0 Å². The minimum absolute atomic E-state index is 0.462. The van der Waals surface area contributed by atoms with Crippen molar-refractivity contribution in [2.75, 3.05) is 5.84 Å². The second-order valence-corrected chi connectivity index (χ2v) is 6.26. The van der Waals surface area contributed by atoms with E-state index >= 15 is 0 Å². The van der Waals surface area contributed by atoms with E-state index in [4.69, 9.17) is 40.6 Å². The Balaban J connectivity index is 2.15. The zero-order chi connectivity index (χ0) is 14.7. The number of thioether (sulfide) groups is 1. The van der Waals surface area contributed by atoms with E-state index in [2.05, 4.69) is 17.1 Å². The Morgan fingerprint density at radius 1 is 1.20 bits per heavy atom. The van der Waals surface area contributed by atoms with Crippen molar-refractivity contribution in [3.05, 3.63) is 38.6 Å². The van der Waals surface area contributed by atoms with Gasteiger partial charge in [0.05, 0.1) is 10.0 Å². The highest BCUT2D eigenvalue weighted by molar-refractivity contribution is 7.98. The van der Waals surface area contributed by atoms with Gasteiger partial charge in [-0.2, -0.15) is 0 Å². The van der Waals surface area contributed by atoms with Gasteiger partial charge in [0.15, 0.2) is 5.82 Å². The largest absolute Gasteiger partial charge is 0.336 e. The Kier molecular flexibility index (Phi) is 5.43. The number of hydrogen-bond donors (Lipinski definition) is 1. The van der Waals surface area contributed by atoms with Gasteiger partial charge in [-0.1, -0.05) is 53.5 Å². The molecule has 4 nitrogen and oxygen atoms in total. The normalized spacial score (nSPS) is 11.0. The second kappa shape index (κ2) is 6.89. The minimum Gasteiger partial charge on any atom is -0.336 e. The van der Waals surface area contributed by atoms with E-state index in [0.717, 1.165) is 24.2 Å². The summed E-state index contributed by atoms with van der Waals surface area (Å²) in [6, 6.07) is 3.40. The third kappa shape index (κ3) is 3.34. The zero-order valence-electron chi connectivity index (χ0n) is 10.7. The molecule has 8 heteroatoms. The summed E-state index contributed by atoms with van der Waals surface area (Å²) in [5.41, 5.74) is 0.769. The summed E-state index contributed by atoms with van der Waals surface area (Å²) in [7, 11) is 0. The summed E-state index contributed by atoms with van der Waals surface area (Å²) in [6.07, 6.45) is 1.76. The molecule has 0 aliphatic rings. The fraction of sp³-hybridized carbons (Fsp3) is 0.333. The van der Waals surface area contributed by atoms with E-state index in [-0.39, 0.29) is 0 Å². The quantitative estimate of drug-likeness (QED) is 0.498. The van der Waals surface area contributed by atoms with Crippen LogP contribution in [0.5, 0.6) is 0 Å². The van der Waals surface area contributed by atoms with Crippen LogP contribution in [-0.2, 0) is 12.2 Å². The third-order valence-electron chi connectivity index (χ3n) is 2.69. The lowest BCUT2D eigenvalue weighted by molar-refractivity contribution is 0.757. The van der Waals surface area contributed by atoms with Gasteiger partial charge in [0.2, 0.25) is 5.16 Å². The topological polar surface area (TPSA) is 56.7 Å². The molecule has 0 unspecified atom stereocenters. The molecule has 0 aliphatic carbocycles. The van der Waals surface area contributed by atoms with Gasteiger partial charge in [-0.05, 0) is 18.6 Å². The van der Waals surface area contributed by atoms with Crippen LogP contribution in [0.3, 0.4) is 0 Å². The molecule has 0 aliphatic heterocycles. The number of halogens is 3. The molecule has 2 rings (SSSR count). The number of benzene rings is 1. The second-order valence-electron chi connectivity index (χ2n) is 4.13. The van der Waals surface area contributed by atoms with Crippen LogP contribution < -0.4 is 5.84 Å². The summed E-state index contributed by atoms with van der Waals surface area (Å²) in [5, 5.41) is 10.3. The van der Waals surface area contributed by atoms with Crippen LogP contribution >= 0.6 is 46.6 Å². The Bertz CT molecular complexity index is 615. The summed E-state index contributed by atoms with van der Waals surface area (Å²) in [4.78, 5) is 0. The predicted octanol–water partition coefficient (Wildman–Crippen LogP) is 4.20. The molecule has 1 aromatic heterocycles. The molecule has 0 spiro atoms. The van der Waals surface area contributed by atoms with Crippen molar-refractivity contribution >= 4 is 46.6 Å². The van der Waals surface area contributed by atoms with Crippen molar-refractivity contribution in [2.24, 2.45) is 0 Å². The van der Waals surface area contributed by atoms with Crippen molar-refractivity contribution in [2.45, 2.75) is 30.7 Å². The average Bonchev–Trinajstić information content (AvgIpc) is 2.76. The first-order chi connectivity index (χ1) is 9.54. The number of hydrogen-bond acceptors (Lipinski definition) is 4. The molecule has 20 heavy (non-hydrogen) atoms. The molecule has 0 fully saturated rings. The SMILES string of the molecule is CCCc1nnc(SCc2c(Cl)ccc(Cl)c2Cl)n1N. The highest BCUT2D eigenvalue weighted by atomic mass is 35.5. The van der Waals surface area contributed by atoms with Crippen molar-refractivity contribution in [3.63, 3.8) is 0 Å². The Morgan fingerprint density at radius 3 is 2.60 bits per heavy atom. The first-order valence-corrected chi connectivity index (χ1v) is 8.11. The van der Waals surface area contributed by atoms with Crippen LogP contribution in [0.25, 0.3) is 0 Å². The number of aromatic nitrogens is 3. The van der Waals surface area contributed by atoms with Gasteiger partial charge in [-0.3, -0.25) is 0 Å². The molecule has 2 N–H and O–H groups in total. The molecular formula is C12H13Cl3N4S. The number of nitrogens with zero attached hydrogens (tertiary/aromatic N) is 3. The first-order valence-electron chi connectivity index (χ1n) is 5.99. The van der Waals surface area contributed by atoms with Crippen LogP contribution in [0.15, 0.2) is 17.3 Å². The molecule has 108 valence electrons. The van der Waals surface area contributed by atoms with Crippen LogP contribution in [0, 0.1) is 0 Å². The van der Waals surface area contributed by atoms with Crippen molar-refractivity contribution in [3.8, 4) is 0 Å². The van der Waals surface area contributed by atoms with Gasteiger partial charge in [-0.25, -0.2) is 4.68 Å². The molecule has 1 aromatic carbocycles. The average molecular weight is 352 g/mol. The molecule has 0 bridgehead atoms. The van der Waals surface area contributed by atoms with Gasteiger partial charge in [0, 0.05) is 22.8 Å². The van der Waals surface area contributed by atoms with E-state index in [1.165, 1.54) is 16.4 Å². The standard InChI is InChI=1S/C12H13Cl3N4S/c1-2-3-10-17-18-12(19(10)16)20-6-7-8(13)4-5-9(14)11(7)15/h4-5H,2-3,6,16H2,1H3. The maximum absolute atomic E-state index is 6.16. The Morgan fingerprint density at radius 2 is 1.90 bits per heavy atom. The Labute approximate surface area is 136 Å². The lowest BCUT2D eigenvalue weighted by Crippen LogP contribution is -2.13. The van der Waals surface area contributed by atoms with Gasteiger partial charge >= 0.3 is 0 Å². The number of nitrogen functional groups attached to an aromatic ring is 1. The molecule has 0 saturated carbocycles. The number of nitrogens with two attached hydrogens (primary N) is 1. The number of aryl methyl sites for hydroxylation is 1. The highest BCUT2D eigenvalue weighted by Gasteiger charge is 2.14. The van der Waals surface area contributed by atoms with E-state index in [1.807, 2.05) is 0 Å². The van der Waals surface area contributed by atoms with Gasteiger partial charge in [0.1, 0.15) is 0 Å². The molecule has 0 radical (unpaired) electrons. The van der Waals surface area contributed by atoms with Crippen LogP contribution in [-0.4, -0.2) is 14.9 Å². The van der Waals surface area contributed by atoms with E-state index < -0.39 is 0 Å². The highest BCUT2D eigenvalue weighted by Crippen LogP contribution is 2.35. The lowest BCUT2D eigenvalue weighted by Gasteiger charge is -2.08. The summed E-state index contributed by atoms with van der Waals surface area (Å²) in [5.74, 6) is 7.23. The molecule has 1 heterocycles. The molecule has 0 amide bonds. The summed E-state index contributed by atoms with van der Waals surface area (Å²) in [6.45, 7) is 2.06. The van der Waals surface area contributed by atoms with E-state index in [9.17, 15) is 0 Å². The monoisotopic (exact) mass is 350 g/mol. The third-order valence-corrected chi connectivity index (χ3v) is 4.86. The van der Waals surface area contributed by atoms with Gasteiger partial charge in [-0.15, -0.1) is 10.2 Å². The zero-order valence-corrected chi connectivity index (χ0v) is 13.8. The maximum Gasteiger partial charge on any atom is 0.210 e. The van der Waals surface area contributed by atoms with Gasteiger partial charge in [0.25, 0.3) is 0 Å². The first kappa shape index (κ1) is 15.8. The lowest BCUT2D eigenvalue weighted by atomic mass is 10.2. The Hall–Kier alpha value is -0.620. The van der Waals surface area contributed by atoms with Crippen LogP contribution in [0.2, 0.25) is 15.1 Å². The van der Waals surface area contributed by atoms with Crippen molar-refractivity contribution in [1.29, 1.82) is 0 Å². The number of rotatable bonds is 5. The maximum atomic E-state index is 6.16. The smallest absolute Gasteiger partial charge is 0.210 e. The summed E-state index contributed by atoms with van der Waals surface area (Å²) < 4.78 is 1.50. The van der Waals surface area contributed by atoms with Crippen molar-refractivity contribution < 1.29 is 0 Å². The molecule has 2 aromatic rings. The van der Waals surface area contributed by atoms with E-state index in [0.29, 0.717) is 26.0 Å². The molecule has 0 saturated heterocycles. The minimum atomic E-state index is 0.462. The van der Waals surface area contributed by atoms with Crippen molar-refractivity contribution in [1.82, 2.24) is 14.9 Å². The fourth-order valence-electron chi connectivity index (χ4n) is 1.64. The molecule has 0 atom stereocenters. The predicted molar refractivity (Wildman–Crippen MR) is 85.2 cm³/mol. The van der Waals surface area contributed by atoms with Gasteiger partial charge < -0.3 is 5.84 Å².